The summed E-state index contributed by atoms with van der Waals surface area (Å²) < 4.78 is 33.4. The molecule has 7 nitrogen and oxygen atoms in total. The number of benzene rings is 1. The number of aromatic nitrogens is 1. The molecule has 0 aliphatic heterocycles. The van der Waals surface area contributed by atoms with Gasteiger partial charge in [0.15, 0.2) is 0 Å². The molecule has 0 atom stereocenters. The minimum atomic E-state index is -3.71. The first-order valence-electron chi connectivity index (χ1n) is 8.68. The first-order valence-corrected chi connectivity index (χ1v) is 11.4. The maximum absolute atomic E-state index is 12.4. The van der Waals surface area contributed by atoms with Crippen LogP contribution in [-0.4, -0.2) is 25.9 Å². The third-order valence-electron chi connectivity index (χ3n) is 3.69. The van der Waals surface area contributed by atoms with Crippen LogP contribution in [0.3, 0.4) is 0 Å². The number of carbonyl (C=O) groups is 1. The molecule has 3 rings (SSSR count). The van der Waals surface area contributed by atoms with Gasteiger partial charge in [-0.05, 0) is 55.0 Å². The fraction of sp³-hybridized carbons (Fsp3) is 0.158. The van der Waals surface area contributed by atoms with Gasteiger partial charge in [-0.3, -0.25) is 9.52 Å². The lowest BCUT2D eigenvalue weighted by molar-refractivity contribution is 0.0950. The zero-order valence-electron chi connectivity index (χ0n) is 15.4. The van der Waals surface area contributed by atoms with E-state index in [-0.39, 0.29) is 16.0 Å². The first kappa shape index (κ1) is 21.1. The number of rotatable bonds is 8. The summed E-state index contributed by atoms with van der Waals surface area (Å²) in [7, 11) is -3.71. The van der Waals surface area contributed by atoms with E-state index < -0.39 is 10.0 Å². The highest BCUT2D eigenvalue weighted by atomic mass is 35.5. The number of thiophene rings is 1. The maximum Gasteiger partial charge on any atom is 0.271 e. The van der Waals surface area contributed by atoms with Gasteiger partial charge in [-0.2, -0.15) is 0 Å². The second kappa shape index (κ2) is 9.25. The quantitative estimate of drug-likeness (QED) is 0.524. The summed E-state index contributed by atoms with van der Waals surface area (Å²) >= 11 is 6.78. The van der Waals surface area contributed by atoms with Gasteiger partial charge in [-0.15, -0.1) is 11.3 Å². The minimum Gasteiger partial charge on any atom is -0.438 e. The summed E-state index contributed by atoms with van der Waals surface area (Å²) in [5, 5.41) is 2.78. The molecule has 0 aliphatic carbocycles. The van der Waals surface area contributed by atoms with Crippen molar-refractivity contribution in [1.29, 1.82) is 0 Å². The van der Waals surface area contributed by atoms with Gasteiger partial charge < -0.3 is 10.1 Å². The van der Waals surface area contributed by atoms with E-state index in [0.29, 0.717) is 27.9 Å². The lowest BCUT2D eigenvalue weighted by Gasteiger charge is -2.11. The molecule has 2 N–H and O–H groups in total. The van der Waals surface area contributed by atoms with E-state index in [1.54, 1.807) is 36.4 Å². The van der Waals surface area contributed by atoms with Crippen molar-refractivity contribution in [1.82, 2.24) is 10.3 Å². The molecule has 10 heteroatoms. The fourth-order valence-electron chi connectivity index (χ4n) is 2.33. The van der Waals surface area contributed by atoms with Crippen molar-refractivity contribution in [3.05, 3.63) is 64.6 Å². The van der Waals surface area contributed by atoms with Crippen LogP contribution in [-0.2, 0) is 10.0 Å². The summed E-state index contributed by atoms with van der Waals surface area (Å²) in [6, 6.07) is 12.5. The van der Waals surface area contributed by atoms with E-state index in [2.05, 4.69) is 15.0 Å². The molecule has 1 aromatic carbocycles. The Morgan fingerprint density at radius 1 is 1.17 bits per heavy atom. The molecule has 0 bridgehead atoms. The molecular weight excluding hydrogens is 434 g/mol. The molecule has 29 heavy (non-hydrogen) atoms. The highest BCUT2D eigenvalue weighted by Gasteiger charge is 2.17. The normalized spacial score (nSPS) is 11.1. The number of halogens is 1. The number of hydrogen-bond acceptors (Lipinski definition) is 6. The molecule has 0 saturated heterocycles. The van der Waals surface area contributed by atoms with E-state index in [4.69, 9.17) is 16.3 Å². The summed E-state index contributed by atoms with van der Waals surface area (Å²) in [5.41, 5.74) is 0.684. The number of nitrogens with one attached hydrogen (secondary N) is 2. The van der Waals surface area contributed by atoms with E-state index in [1.165, 1.54) is 18.3 Å². The molecule has 0 aliphatic rings. The number of carbonyl (C=O) groups excluding carboxylic acids is 1. The van der Waals surface area contributed by atoms with E-state index in [9.17, 15) is 13.2 Å². The number of sulfonamides is 1. The number of hydrogen-bond donors (Lipinski definition) is 2. The Labute approximate surface area is 177 Å². The number of nitrogens with zero attached hydrogens (tertiary/aromatic N) is 1. The zero-order valence-corrected chi connectivity index (χ0v) is 17.8. The Kier molecular flexibility index (Phi) is 6.73. The summed E-state index contributed by atoms with van der Waals surface area (Å²) in [4.78, 5) is 16.4. The molecule has 2 aromatic heterocycles. The second-order valence-electron chi connectivity index (χ2n) is 5.90. The molecule has 0 radical (unpaired) electrons. The molecule has 0 unspecified atom stereocenters. The topological polar surface area (TPSA) is 97.4 Å². The average Bonchev–Trinajstić information content (AvgIpc) is 3.15. The van der Waals surface area contributed by atoms with Gasteiger partial charge in [-0.25, -0.2) is 13.4 Å². The van der Waals surface area contributed by atoms with Gasteiger partial charge in [0, 0.05) is 18.4 Å². The van der Waals surface area contributed by atoms with Crippen molar-refractivity contribution >= 4 is 44.6 Å². The Balaban J connectivity index is 1.72. The Bertz CT molecular complexity index is 1100. The Morgan fingerprint density at radius 3 is 2.59 bits per heavy atom. The lowest BCUT2D eigenvalue weighted by Crippen LogP contribution is -2.24. The summed E-state index contributed by atoms with van der Waals surface area (Å²) in [5.74, 6) is 0.312. The third-order valence-corrected chi connectivity index (χ3v) is 6.79. The Morgan fingerprint density at radius 2 is 1.93 bits per heavy atom. The van der Waals surface area contributed by atoms with Crippen molar-refractivity contribution in [2.75, 3.05) is 11.3 Å². The van der Waals surface area contributed by atoms with Gasteiger partial charge in [-0.1, -0.05) is 18.5 Å². The predicted molar refractivity (Wildman–Crippen MR) is 114 cm³/mol. The second-order valence-corrected chi connectivity index (χ2v) is 9.53. The lowest BCUT2D eigenvalue weighted by atomic mass is 10.2. The molecule has 2 heterocycles. The number of anilines is 1. The number of pyridine rings is 1. The van der Waals surface area contributed by atoms with E-state index in [1.807, 2.05) is 6.92 Å². The van der Waals surface area contributed by atoms with Crippen molar-refractivity contribution in [3.63, 3.8) is 0 Å². The van der Waals surface area contributed by atoms with Crippen molar-refractivity contribution in [2.45, 2.75) is 17.6 Å². The SMILES string of the molecule is CCCNC(=O)c1cccnc1Oc1ccc(NS(=O)(=O)c2ccc(Cl)s2)cc1. The average molecular weight is 452 g/mol. The fourth-order valence-corrected chi connectivity index (χ4v) is 4.87. The van der Waals surface area contributed by atoms with Crippen LogP contribution in [0.1, 0.15) is 23.7 Å². The predicted octanol–water partition coefficient (Wildman–Crippen LogP) is 4.53. The summed E-state index contributed by atoms with van der Waals surface area (Å²) in [6.07, 6.45) is 2.35. The van der Waals surface area contributed by atoms with Gasteiger partial charge >= 0.3 is 0 Å². The Hall–Kier alpha value is -2.62. The van der Waals surface area contributed by atoms with Crippen LogP contribution in [0.25, 0.3) is 0 Å². The molecule has 0 saturated carbocycles. The van der Waals surface area contributed by atoms with Gasteiger partial charge in [0.05, 0.1) is 4.34 Å². The highest BCUT2D eigenvalue weighted by molar-refractivity contribution is 7.94. The van der Waals surface area contributed by atoms with Crippen molar-refractivity contribution < 1.29 is 17.9 Å². The van der Waals surface area contributed by atoms with Crippen LogP contribution < -0.4 is 14.8 Å². The highest BCUT2D eigenvalue weighted by Crippen LogP contribution is 2.28. The van der Waals surface area contributed by atoms with E-state index in [0.717, 1.165) is 17.8 Å². The molecule has 3 aromatic rings. The smallest absolute Gasteiger partial charge is 0.271 e. The molecule has 152 valence electrons. The molecular formula is C19H18ClN3O4S2. The molecule has 0 spiro atoms. The first-order chi connectivity index (χ1) is 13.9. The van der Waals surface area contributed by atoms with Crippen LogP contribution in [0, 0.1) is 0 Å². The monoisotopic (exact) mass is 451 g/mol. The van der Waals surface area contributed by atoms with Crippen LogP contribution in [0.5, 0.6) is 11.6 Å². The molecule has 1 amide bonds. The van der Waals surface area contributed by atoms with Crippen LogP contribution in [0.4, 0.5) is 5.69 Å². The van der Waals surface area contributed by atoms with Gasteiger partial charge in [0.2, 0.25) is 5.88 Å². The zero-order chi connectivity index (χ0) is 20.9. The van der Waals surface area contributed by atoms with E-state index >= 15 is 0 Å². The number of amides is 1. The van der Waals surface area contributed by atoms with Crippen LogP contribution in [0.2, 0.25) is 4.34 Å². The van der Waals surface area contributed by atoms with Crippen molar-refractivity contribution in [2.24, 2.45) is 0 Å². The van der Waals surface area contributed by atoms with Crippen molar-refractivity contribution in [3.8, 4) is 11.6 Å². The van der Waals surface area contributed by atoms with Crippen LogP contribution in [0.15, 0.2) is 58.9 Å². The number of ether oxygens (including phenoxy) is 1. The van der Waals surface area contributed by atoms with Gasteiger partial charge in [0.25, 0.3) is 15.9 Å². The minimum absolute atomic E-state index is 0.124. The summed E-state index contributed by atoms with van der Waals surface area (Å²) in [6.45, 7) is 2.52. The maximum atomic E-state index is 12.4. The largest absolute Gasteiger partial charge is 0.438 e. The molecule has 0 fully saturated rings. The third kappa shape index (κ3) is 5.47. The standard InChI is InChI=1S/C19H18ClN3O4S2/c1-2-11-21-18(24)15-4-3-12-22-19(15)27-14-7-5-13(6-8-14)23-29(25,26)17-10-9-16(20)28-17/h3-10,12,23H,2,11H2,1H3,(H,21,24). The van der Waals surface area contributed by atoms with Gasteiger partial charge in [0.1, 0.15) is 15.5 Å². The van der Waals surface area contributed by atoms with Crippen LogP contribution >= 0.6 is 22.9 Å².